The van der Waals surface area contributed by atoms with Crippen molar-refractivity contribution in [2.24, 2.45) is 0 Å². The second kappa shape index (κ2) is 7.95. The second-order valence-electron chi connectivity index (χ2n) is 8.32. The third kappa shape index (κ3) is 2.97. The molecule has 0 amide bonds. The first-order valence-electron chi connectivity index (χ1n) is 11.1. The molecule has 7 nitrogen and oxygen atoms in total. The highest BCUT2D eigenvalue weighted by atomic mass is 16.5. The Morgan fingerprint density at radius 1 is 0.912 bits per heavy atom. The average molecular weight is 453 g/mol. The van der Waals surface area contributed by atoms with Crippen LogP contribution in [-0.4, -0.2) is 29.0 Å². The van der Waals surface area contributed by atoms with Crippen molar-refractivity contribution in [1.82, 2.24) is 14.8 Å². The summed E-state index contributed by atoms with van der Waals surface area (Å²) in [5.41, 5.74) is 6.19. The van der Waals surface area contributed by atoms with Gasteiger partial charge in [-0.05, 0) is 36.2 Å². The van der Waals surface area contributed by atoms with Crippen LogP contribution in [0.1, 0.15) is 34.4 Å². The fraction of sp³-hybridized carbons (Fsp3) is 0.185. The number of ether oxygens (including phenoxy) is 3. The number of hydrogen-bond acceptors (Lipinski definition) is 6. The number of rotatable bonds is 4. The van der Waals surface area contributed by atoms with E-state index in [1.54, 1.807) is 20.5 Å². The lowest BCUT2D eigenvalue weighted by Crippen LogP contribution is -2.33. The summed E-state index contributed by atoms with van der Waals surface area (Å²) < 4.78 is 20.1. The number of para-hydroxylation sites is 2. The largest absolute Gasteiger partial charge is 0.493 e. The van der Waals surface area contributed by atoms with Gasteiger partial charge in [0.15, 0.2) is 17.6 Å². The van der Waals surface area contributed by atoms with Crippen LogP contribution < -0.4 is 19.5 Å². The summed E-state index contributed by atoms with van der Waals surface area (Å²) in [5.74, 6) is 2.79. The lowest BCUT2D eigenvalue weighted by Gasteiger charge is -2.39. The molecule has 0 aliphatic carbocycles. The first-order valence-corrected chi connectivity index (χ1v) is 11.1. The van der Waals surface area contributed by atoms with E-state index in [4.69, 9.17) is 14.2 Å². The highest BCUT2D eigenvalue weighted by Gasteiger charge is 2.42. The number of aromatic nitrogens is 3. The van der Waals surface area contributed by atoms with E-state index < -0.39 is 6.10 Å². The Labute approximate surface area is 197 Å². The SMILES string of the molecule is COc1cccc([C@H]2Oc3ccccc3C3=C2[C@H](c2ccccc2C)n2ncnc2N3)c1OC. The Bertz CT molecular complexity index is 1420. The third-order valence-electron chi connectivity index (χ3n) is 6.52. The van der Waals surface area contributed by atoms with Crippen molar-refractivity contribution in [3.63, 3.8) is 0 Å². The summed E-state index contributed by atoms with van der Waals surface area (Å²) in [5, 5.41) is 8.14. The van der Waals surface area contributed by atoms with Crippen LogP contribution in [-0.2, 0) is 0 Å². The van der Waals surface area contributed by atoms with Crippen LogP contribution >= 0.6 is 0 Å². The molecule has 0 saturated carbocycles. The van der Waals surface area contributed by atoms with Crippen LogP contribution in [0.25, 0.3) is 5.70 Å². The molecular formula is C27H24N4O3. The molecule has 0 bridgehead atoms. The molecular weight excluding hydrogens is 428 g/mol. The molecule has 3 aromatic carbocycles. The van der Waals surface area contributed by atoms with Crippen LogP contribution in [0.2, 0.25) is 0 Å². The summed E-state index contributed by atoms with van der Waals surface area (Å²) in [6.07, 6.45) is 1.14. The number of methoxy groups -OCH3 is 2. The molecule has 2 atom stereocenters. The van der Waals surface area contributed by atoms with E-state index in [-0.39, 0.29) is 6.04 Å². The standard InChI is InChI=1S/C27H24N4O3/c1-16-9-4-5-10-17(16)24-22-23(30-27-28-15-29-31(24)27)18-11-6-7-13-20(18)34-26(22)19-12-8-14-21(32-2)25(19)33-3/h4-15,24,26H,1-3H3,(H,28,29,30)/t24-,26+/m0/s1. The van der Waals surface area contributed by atoms with Crippen LogP contribution in [0.5, 0.6) is 17.2 Å². The lowest BCUT2D eigenvalue weighted by molar-refractivity contribution is 0.216. The third-order valence-corrected chi connectivity index (χ3v) is 6.52. The van der Waals surface area contributed by atoms with Crippen molar-refractivity contribution >= 4 is 11.6 Å². The van der Waals surface area contributed by atoms with Gasteiger partial charge in [-0.1, -0.05) is 48.5 Å². The molecule has 3 heterocycles. The summed E-state index contributed by atoms with van der Waals surface area (Å²) in [7, 11) is 3.30. The number of aryl methyl sites for hydroxylation is 1. The smallest absolute Gasteiger partial charge is 0.226 e. The van der Waals surface area contributed by atoms with Crippen LogP contribution in [0.15, 0.2) is 78.6 Å². The van der Waals surface area contributed by atoms with Gasteiger partial charge in [0.1, 0.15) is 18.1 Å². The Balaban J connectivity index is 1.66. The van der Waals surface area contributed by atoms with Gasteiger partial charge >= 0.3 is 0 Å². The topological polar surface area (TPSA) is 70.4 Å². The molecule has 0 radical (unpaired) electrons. The Kier molecular flexibility index (Phi) is 4.76. The van der Waals surface area contributed by atoms with Crippen LogP contribution in [0.3, 0.4) is 0 Å². The summed E-state index contributed by atoms with van der Waals surface area (Å²) in [4.78, 5) is 4.51. The minimum Gasteiger partial charge on any atom is -0.493 e. The van der Waals surface area contributed by atoms with Gasteiger partial charge in [0, 0.05) is 16.7 Å². The molecule has 1 N–H and O–H groups in total. The number of benzene rings is 3. The maximum absolute atomic E-state index is 6.72. The predicted octanol–water partition coefficient (Wildman–Crippen LogP) is 5.16. The minimum absolute atomic E-state index is 0.218. The van der Waals surface area contributed by atoms with Crippen LogP contribution in [0, 0.1) is 6.92 Å². The molecule has 1 aromatic heterocycles. The van der Waals surface area contributed by atoms with Crippen molar-refractivity contribution in [2.75, 3.05) is 19.5 Å². The number of fused-ring (bicyclic) bond motifs is 3. The van der Waals surface area contributed by atoms with Crippen molar-refractivity contribution < 1.29 is 14.2 Å². The van der Waals surface area contributed by atoms with Crippen molar-refractivity contribution in [1.29, 1.82) is 0 Å². The minimum atomic E-state index is -0.440. The predicted molar refractivity (Wildman–Crippen MR) is 129 cm³/mol. The number of nitrogens with zero attached hydrogens (tertiary/aromatic N) is 3. The van der Waals surface area contributed by atoms with E-state index in [9.17, 15) is 0 Å². The molecule has 2 aliphatic heterocycles. The van der Waals surface area contributed by atoms with Crippen LogP contribution in [0.4, 0.5) is 5.95 Å². The quantitative estimate of drug-likeness (QED) is 0.461. The van der Waals surface area contributed by atoms with E-state index in [2.05, 4.69) is 46.6 Å². The zero-order valence-electron chi connectivity index (χ0n) is 19.1. The Hall–Kier alpha value is -4.26. The molecule has 0 unspecified atom stereocenters. The molecule has 7 heteroatoms. The fourth-order valence-electron chi connectivity index (χ4n) is 4.99. The summed E-state index contributed by atoms with van der Waals surface area (Å²) in [6, 6.07) is 22.1. The highest BCUT2D eigenvalue weighted by Crippen LogP contribution is 2.53. The summed E-state index contributed by atoms with van der Waals surface area (Å²) in [6.45, 7) is 2.12. The van der Waals surface area contributed by atoms with E-state index in [0.717, 1.165) is 39.3 Å². The normalized spacial score (nSPS) is 18.2. The van der Waals surface area contributed by atoms with Crippen molar-refractivity contribution in [3.8, 4) is 17.2 Å². The first-order chi connectivity index (χ1) is 16.7. The molecule has 6 rings (SSSR count). The molecule has 170 valence electrons. The van der Waals surface area contributed by atoms with Gasteiger partial charge in [-0.25, -0.2) is 4.68 Å². The number of hydrogen-bond donors (Lipinski definition) is 1. The molecule has 0 saturated heterocycles. The van der Waals surface area contributed by atoms with Crippen molar-refractivity contribution in [2.45, 2.75) is 19.1 Å². The van der Waals surface area contributed by atoms with Gasteiger partial charge in [0.25, 0.3) is 0 Å². The average Bonchev–Trinajstić information content (AvgIpc) is 3.35. The van der Waals surface area contributed by atoms with E-state index in [1.807, 2.05) is 47.1 Å². The first kappa shape index (κ1) is 20.4. The van der Waals surface area contributed by atoms with Gasteiger partial charge in [0.05, 0.1) is 19.9 Å². The number of anilines is 1. The maximum atomic E-state index is 6.72. The van der Waals surface area contributed by atoms with Crippen molar-refractivity contribution in [3.05, 3.63) is 101 Å². The summed E-state index contributed by atoms with van der Waals surface area (Å²) >= 11 is 0. The van der Waals surface area contributed by atoms with Gasteiger partial charge in [-0.2, -0.15) is 10.1 Å². The van der Waals surface area contributed by atoms with E-state index in [0.29, 0.717) is 17.4 Å². The maximum Gasteiger partial charge on any atom is 0.226 e. The molecule has 4 aromatic rings. The van der Waals surface area contributed by atoms with Gasteiger partial charge < -0.3 is 19.5 Å². The number of nitrogens with one attached hydrogen (secondary N) is 1. The monoisotopic (exact) mass is 452 g/mol. The Morgan fingerprint density at radius 3 is 2.53 bits per heavy atom. The molecule has 0 spiro atoms. The molecule has 34 heavy (non-hydrogen) atoms. The van der Waals surface area contributed by atoms with Gasteiger partial charge in [0.2, 0.25) is 5.95 Å². The van der Waals surface area contributed by atoms with E-state index >= 15 is 0 Å². The lowest BCUT2D eigenvalue weighted by atomic mass is 9.83. The fourth-order valence-corrected chi connectivity index (χ4v) is 4.99. The molecule has 0 fully saturated rings. The highest BCUT2D eigenvalue weighted by molar-refractivity contribution is 5.85. The van der Waals surface area contributed by atoms with E-state index in [1.165, 1.54) is 0 Å². The van der Waals surface area contributed by atoms with Gasteiger partial charge in [-0.15, -0.1) is 0 Å². The zero-order chi connectivity index (χ0) is 23.2. The van der Waals surface area contributed by atoms with Gasteiger partial charge in [-0.3, -0.25) is 0 Å². The molecule has 2 aliphatic rings. The second-order valence-corrected chi connectivity index (χ2v) is 8.32. The zero-order valence-corrected chi connectivity index (χ0v) is 19.1. The Morgan fingerprint density at radius 2 is 1.71 bits per heavy atom.